The zero-order valence-electron chi connectivity index (χ0n) is 11.9. The summed E-state index contributed by atoms with van der Waals surface area (Å²) in [6, 6.07) is 0.0826. The fourth-order valence-corrected chi connectivity index (χ4v) is 1.80. The number of anilines is 1. The molecule has 1 rings (SSSR count). The number of hydrogen-bond donors (Lipinski definition) is 1. The summed E-state index contributed by atoms with van der Waals surface area (Å²) in [5.74, 6) is 0.248. The third-order valence-corrected chi connectivity index (χ3v) is 2.99. The molecule has 6 heteroatoms. The van der Waals surface area contributed by atoms with Gasteiger partial charge in [0.15, 0.2) is 0 Å². The second-order valence-corrected chi connectivity index (χ2v) is 4.34. The Balaban J connectivity index is 3.14. The molecule has 0 saturated carbocycles. The lowest BCUT2D eigenvalue weighted by atomic mass is 10.2. The Bertz CT molecular complexity index is 437. The van der Waals surface area contributed by atoms with E-state index in [9.17, 15) is 4.79 Å². The maximum Gasteiger partial charge on any atom is 0.323 e. The highest BCUT2D eigenvalue weighted by Crippen LogP contribution is 2.25. The van der Waals surface area contributed by atoms with Crippen molar-refractivity contribution in [3.05, 3.63) is 11.9 Å². The largest absolute Gasteiger partial charge is 0.480 e. The van der Waals surface area contributed by atoms with E-state index in [1.807, 2.05) is 27.7 Å². The van der Waals surface area contributed by atoms with Gasteiger partial charge in [-0.05, 0) is 27.2 Å². The number of carboxylic acids is 1. The maximum absolute atomic E-state index is 11.0. The summed E-state index contributed by atoms with van der Waals surface area (Å²) >= 11 is 0. The second kappa shape index (κ2) is 6.92. The lowest BCUT2D eigenvalue weighted by Crippen LogP contribution is -2.38. The normalized spacial score (nSPS) is 12.0. The predicted molar refractivity (Wildman–Crippen MR) is 72.7 cm³/mol. The van der Waals surface area contributed by atoms with Crippen LogP contribution in [0.25, 0.3) is 0 Å². The summed E-state index contributed by atoms with van der Waals surface area (Å²) in [5.41, 5.74) is 0.769. The number of aliphatic carboxylic acids is 1. The van der Waals surface area contributed by atoms with Gasteiger partial charge in [0.25, 0.3) is 0 Å². The molecule has 0 aromatic carbocycles. The summed E-state index contributed by atoms with van der Waals surface area (Å²) < 4.78 is 5.42. The lowest BCUT2D eigenvalue weighted by Gasteiger charge is -2.29. The van der Waals surface area contributed by atoms with Crippen molar-refractivity contribution in [3.63, 3.8) is 0 Å². The van der Waals surface area contributed by atoms with Gasteiger partial charge >= 0.3 is 5.97 Å². The smallest absolute Gasteiger partial charge is 0.323 e. The highest BCUT2D eigenvalue weighted by atomic mass is 16.5. The molecule has 0 aliphatic heterocycles. The molecule has 0 radical (unpaired) electrons. The molecule has 0 spiro atoms. The van der Waals surface area contributed by atoms with E-state index < -0.39 is 5.97 Å². The van der Waals surface area contributed by atoms with Crippen LogP contribution in [0.5, 0.6) is 5.88 Å². The molecule has 0 saturated heterocycles. The van der Waals surface area contributed by atoms with Gasteiger partial charge in [0.2, 0.25) is 5.88 Å². The molecular weight excluding hydrogens is 246 g/mol. The van der Waals surface area contributed by atoms with E-state index in [-0.39, 0.29) is 12.6 Å². The minimum Gasteiger partial charge on any atom is -0.480 e. The lowest BCUT2D eigenvalue weighted by molar-refractivity contribution is -0.135. The first-order chi connectivity index (χ1) is 9.01. The van der Waals surface area contributed by atoms with E-state index in [1.54, 1.807) is 4.90 Å². The van der Waals surface area contributed by atoms with Crippen LogP contribution >= 0.6 is 0 Å². The number of ether oxygens (including phenoxy) is 1. The molecule has 1 atom stereocenters. The zero-order chi connectivity index (χ0) is 14.4. The number of rotatable bonds is 7. The quantitative estimate of drug-likeness (QED) is 0.813. The van der Waals surface area contributed by atoms with Crippen molar-refractivity contribution in [1.29, 1.82) is 0 Å². The first-order valence-electron chi connectivity index (χ1n) is 6.44. The van der Waals surface area contributed by atoms with E-state index >= 15 is 0 Å². The average molecular weight is 267 g/mol. The summed E-state index contributed by atoms with van der Waals surface area (Å²) in [4.78, 5) is 21.1. The molecule has 0 bridgehead atoms. The van der Waals surface area contributed by atoms with E-state index in [0.29, 0.717) is 18.3 Å². The van der Waals surface area contributed by atoms with Crippen LogP contribution in [0.1, 0.15) is 32.8 Å². The predicted octanol–water partition coefficient (Wildman–Crippen LogP) is 1.87. The summed E-state index contributed by atoms with van der Waals surface area (Å²) in [5, 5.41) is 9.04. The van der Waals surface area contributed by atoms with Crippen molar-refractivity contribution in [2.24, 2.45) is 0 Å². The molecule has 0 fully saturated rings. The van der Waals surface area contributed by atoms with Crippen LogP contribution in [-0.2, 0) is 4.79 Å². The molecule has 1 aromatic rings. The van der Waals surface area contributed by atoms with Crippen LogP contribution in [0.15, 0.2) is 6.33 Å². The Morgan fingerprint density at radius 1 is 1.47 bits per heavy atom. The number of carbonyl (C=O) groups is 1. The molecule has 0 amide bonds. The van der Waals surface area contributed by atoms with Crippen molar-refractivity contribution in [3.8, 4) is 5.88 Å². The van der Waals surface area contributed by atoms with Gasteiger partial charge in [-0.15, -0.1) is 0 Å². The van der Waals surface area contributed by atoms with Crippen molar-refractivity contribution in [2.75, 3.05) is 18.1 Å². The van der Waals surface area contributed by atoms with Gasteiger partial charge in [-0.2, -0.15) is 0 Å². The number of aromatic nitrogens is 2. The van der Waals surface area contributed by atoms with Crippen molar-refractivity contribution >= 4 is 11.8 Å². The van der Waals surface area contributed by atoms with Gasteiger partial charge in [-0.1, -0.05) is 6.92 Å². The SMILES string of the molecule is CCOc1ncnc(N(CC(=O)O)C(C)CC)c1C. The minimum absolute atomic E-state index is 0.0826. The van der Waals surface area contributed by atoms with Crippen molar-refractivity contribution in [2.45, 2.75) is 40.2 Å². The maximum atomic E-state index is 11.0. The van der Waals surface area contributed by atoms with Gasteiger partial charge in [-0.25, -0.2) is 9.97 Å². The Morgan fingerprint density at radius 2 is 2.16 bits per heavy atom. The van der Waals surface area contributed by atoms with Crippen LogP contribution in [0.2, 0.25) is 0 Å². The first-order valence-corrected chi connectivity index (χ1v) is 6.44. The fourth-order valence-electron chi connectivity index (χ4n) is 1.80. The Kier molecular flexibility index (Phi) is 5.54. The van der Waals surface area contributed by atoms with Crippen LogP contribution in [0.3, 0.4) is 0 Å². The number of carboxylic acid groups (broad SMARTS) is 1. The van der Waals surface area contributed by atoms with Crippen LogP contribution in [0.4, 0.5) is 5.82 Å². The summed E-state index contributed by atoms with van der Waals surface area (Å²) in [6.07, 6.45) is 2.24. The molecule has 19 heavy (non-hydrogen) atoms. The monoisotopic (exact) mass is 267 g/mol. The van der Waals surface area contributed by atoms with Crippen molar-refractivity contribution < 1.29 is 14.6 Å². The zero-order valence-corrected chi connectivity index (χ0v) is 11.9. The molecule has 0 aliphatic carbocycles. The fraction of sp³-hybridized carbons (Fsp3) is 0.615. The van der Waals surface area contributed by atoms with E-state index in [1.165, 1.54) is 6.33 Å². The first kappa shape index (κ1) is 15.2. The molecule has 106 valence electrons. The molecule has 1 N–H and O–H groups in total. The van der Waals surface area contributed by atoms with Gasteiger partial charge < -0.3 is 14.7 Å². The minimum atomic E-state index is -0.878. The highest BCUT2D eigenvalue weighted by molar-refractivity contribution is 5.74. The van der Waals surface area contributed by atoms with Crippen LogP contribution < -0.4 is 9.64 Å². The molecule has 1 unspecified atom stereocenters. The number of nitrogens with zero attached hydrogens (tertiary/aromatic N) is 3. The molecule has 6 nitrogen and oxygen atoms in total. The van der Waals surface area contributed by atoms with E-state index in [0.717, 1.165) is 12.0 Å². The van der Waals surface area contributed by atoms with Gasteiger partial charge in [0.05, 0.1) is 12.2 Å². The Labute approximate surface area is 113 Å². The summed E-state index contributed by atoms with van der Waals surface area (Å²) in [7, 11) is 0. The van der Waals surface area contributed by atoms with Crippen LogP contribution in [0, 0.1) is 6.92 Å². The third kappa shape index (κ3) is 3.81. The van der Waals surface area contributed by atoms with E-state index in [2.05, 4.69) is 9.97 Å². The van der Waals surface area contributed by atoms with E-state index in [4.69, 9.17) is 9.84 Å². The van der Waals surface area contributed by atoms with Crippen LogP contribution in [-0.4, -0.2) is 40.2 Å². The third-order valence-electron chi connectivity index (χ3n) is 2.99. The highest BCUT2D eigenvalue weighted by Gasteiger charge is 2.21. The number of hydrogen-bond acceptors (Lipinski definition) is 5. The second-order valence-electron chi connectivity index (χ2n) is 4.34. The van der Waals surface area contributed by atoms with Gasteiger partial charge in [0, 0.05) is 6.04 Å². The average Bonchev–Trinajstić information content (AvgIpc) is 2.38. The van der Waals surface area contributed by atoms with Crippen molar-refractivity contribution in [1.82, 2.24) is 9.97 Å². The Hall–Kier alpha value is -1.85. The molecule has 1 aromatic heterocycles. The topological polar surface area (TPSA) is 75.6 Å². The Morgan fingerprint density at radius 3 is 2.68 bits per heavy atom. The summed E-state index contributed by atoms with van der Waals surface area (Å²) in [6.45, 7) is 8.14. The molecule has 1 heterocycles. The standard InChI is InChI=1S/C13H21N3O3/c1-5-9(3)16(7-11(17)18)12-10(4)13(19-6-2)15-8-14-12/h8-9H,5-7H2,1-4H3,(H,17,18). The molecule has 0 aliphatic rings. The molecular formula is C13H21N3O3. The van der Waals surface area contributed by atoms with Gasteiger partial charge in [0.1, 0.15) is 18.7 Å². The van der Waals surface area contributed by atoms with Gasteiger partial charge in [-0.3, -0.25) is 4.79 Å².